The van der Waals surface area contributed by atoms with Crippen molar-refractivity contribution >= 4 is 15.7 Å². The maximum atomic E-state index is 12.5. The van der Waals surface area contributed by atoms with Crippen LogP contribution in [0.2, 0.25) is 0 Å². The monoisotopic (exact) mass is 326 g/mol. The zero-order valence-electron chi connectivity index (χ0n) is 12.7. The van der Waals surface area contributed by atoms with Gasteiger partial charge in [0.2, 0.25) is 10.0 Å². The second-order valence-electron chi connectivity index (χ2n) is 5.87. The van der Waals surface area contributed by atoms with E-state index in [9.17, 15) is 18.5 Å². The minimum atomic E-state index is -3.72. The first-order valence-corrected chi connectivity index (χ1v) is 9.16. The molecule has 0 atom stereocenters. The molecule has 2 rings (SSSR count). The minimum Gasteiger partial charge on any atom is -0.258 e. The Morgan fingerprint density at radius 3 is 2.32 bits per heavy atom. The largest absolute Gasteiger partial charge is 0.273 e. The number of nitrogens with zero attached hydrogens (tertiary/aromatic N) is 1. The molecule has 1 N–H and O–H groups in total. The number of aryl methyl sites for hydroxylation is 1. The van der Waals surface area contributed by atoms with Gasteiger partial charge in [0.25, 0.3) is 5.69 Å². The number of nitro benzene ring substituents is 1. The van der Waals surface area contributed by atoms with E-state index in [1.165, 1.54) is 18.6 Å². The highest BCUT2D eigenvalue weighted by molar-refractivity contribution is 7.89. The fourth-order valence-electron chi connectivity index (χ4n) is 2.81. The number of sulfonamides is 1. The van der Waals surface area contributed by atoms with E-state index in [-0.39, 0.29) is 16.6 Å². The number of nitrogens with one attached hydrogen (secondary N) is 1. The number of nitro groups is 1. The number of hydrogen-bond donors (Lipinski definition) is 1. The van der Waals surface area contributed by atoms with Gasteiger partial charge in [-0.2, -0.15) is 0 Å². The molecule has 0 radical (unpaired) electrons. The van der Waals surface area contributed by atoms with Gasteiger partial charge in [0.05, 0.1) is 9.82 Å². The van der Waals surface area contributed by atoms with E-state index in [0.717, 1.165) is 44.6 Å². The molecule has 6 nitrogen and oxygen atoms in total. The Bertz CT molecular complexity index is 635. The normalized spacial score (nSPS) is 17.7. The van der Waals surface area contributed by atoms with Crippen LogP contribution in [0.5, 0.6) is 0 Å². The van der Waals surface area contributed by atoms with Crippen LogP contribution in [0.3, 0.4) is 0 Å². The molecular formula is C15H22N2O4S. The average molecular weight is 326 g/mol. The van der Waals surface area contributed by atoms with Gasteiger partial charge in [-0.1, -0.05) is 38.2 Å². The predicted octanol–water partition coefficient (Wildman–Crippen LogP) is 3.29. The molecule has 0 aliphatic heterocycles. The van der Waals surface area contributed by atoms with Gasteiger partial charge >= 0.3 is 0 Å². The first-order chi connectivity index (χ1) is 10.4. The summed E-state index contributed by atoms with van der Waals surface area (Å²) in [4.78, 5) is 10.4. The van der Waals surface area contributed by atoms with Crippen molar-refractivity contribution in [2.45, 2.75) is 62.8 Å². The molecule has 1 saturated carbocycles. The highest BCUT2D eigenvalue weighted by atomic mass is 32.2. The third kappa shape index (κ3) is 4.27. The van der Waals surface area contributed by atoms with Crippen molar-refractivity contribution < 1.29 is 13.3 Å². The molecule has 22 heavy (non-hydrogen) atoms. The zero-order valence-corrected chi connectivity index (χ0v) is 13.6. The molecule has 7 heteroatoms. The molecule has 0 unspecified atom stereocenters. The molecule has 1 aromatic rings. The Hall–Kier alpha value is -1.47. The van der Waals surface area contributed by atoms with E-state index in [1.54, 1.807) is 6.92 Å². The number of benzene rings is 1. The van der Waals surface area contributed by atoms with Gasteiger partial charge in [-0.05, 0) is 25.8 Å². The molecule has 1 aromatic carbocycles. The molecular weight excluding hydrogens is 304 g/mol. The van der Waals surface area contributed by atoms with Crippen molar-refractivity contribution in [3.05, 3.63) is 33.9 Å². The highest BCUT2D eigenvalue weighted by Crippen LogP contribution is 2.24. The first kappa shape index (κ1) is 16.9. The van der Waals surface area contributed by atoms with E-state index in [4.69, 9.17) is 0 Å². The molecule has 1 fully saturated rings. The van der Waals surface area contributed by atoms with Crippen molar-refractivity contribution in [2.24, 2.45) is 0 Å². The maximum Gasteiger partial charge on any atom is 0.273 e. The fraction of sp³-hybridized carbons (Fsp3) is 0.600. The van der Waals surface area contributed by atoms with Crippen LogP contribution in [0.15, 0.2) is 23.1 Å². The first-order valence-electron chi connectivity index (χ1n) is 7.67. The van der Waals surface area contributed by atoms with E-state index in [2.05, 4.69) is 4.72 Å². The fourth-order valence-corrected chi connectivity index (χ4v) is 4.14. The predicted molar refractivity (Wildman–Crippen MR) is 84.3 cm³/mol. The SMILES string of the molecule is Cc1ccc(S(=O)(=O)NC2CCCCCCC2)cc1[N+](=O)[O-]. The van der Waals surface area contributed by atoms with Crippen molar-refractivity contribution in [3.63, 3.8) is 0 Å². The summed E-state index contributed by atoms with van der Waals surface area (Å²) >= 11 is 0. The summed E-state index contributed by atoms with van der Waals surface area (Å²) in [5.74, 6) is 0. The van der Waals surface area contributed by atoms with Crippen LogP contribution in [0.4, 0.5) is 5.69 Å². The van der Waals surface area contributed by atoms with Gasteiger partial charge in [0.15, 0.2) is 0 Å². The molecule has 122 valence electrons. The Morgan fingerprint density at radius 2 is 1.73 bits per heavy atom. The quantitative estimate of drug-likeness (QED) is 0.679. The van der Waals surface area contributed by atoms with Crippen LogP contribution in [0.25, 0.3) is 0 Å². The van der Waals surface area contributed by atoms with Gasteiger partial charge in [-0.3, -0.25) is 10.1 Å². The second kappa shape index (κ2) is 7.19. The smallest absolute Gasteiger partial charge is 0.258 e. The minimum absolute atomic E-state index is 0.0353. The van der Waals surface area contributed by atoms with Crippen molar-refractivity contribution in [1.29, 1.82) is 0 Å². The lowest BCUT2D eigenvalue weighted by atomic mass is 9.97. The summed E-state index contributed by atoms with van der Waals surface area (Å²) < 4.78 is 27.6. The average Bonchev–Trinajstić information content (AvgIpc) is 2.41. The van der Waals surface area contributed by atoms with Gasteiger partial charge in [-0.25, -0.2) is 13.1 Å². The van der Waals surface area contributed by atoms with Gasteiger partial charge in [0, 0.05) is 17.7 Å². The summed E-state index contributed by atoms with van der Waals surface area (Å²) in [5, 5.41) is 11.0. The van der Waals surface area contributed by atoms with Gasteiger partial charge < -0.3 is 0 Å². The lowest BCUT2D eigenvalue weighted by molar-refractivity contribution is -0.385. The van der Waals surface area contributed by atoms with Gasteiger partial charge in [0.1, 0.15) is 0 Å². The van der Waals surface area contributed by atoms with Crippen LogP contribution in [0.1, 0.15) is 50.5 Å². The van der Waals surface area contributed by atoms with Crippen LogP contribution < -0.4 is 4.72 Å². The van der Waals surface area contributed by atoms with E-state index in [0.29, 0.717) is 5.56 Å². The van der Waals surface area contributed by atoms with E-state index < -0.39 is 14.9 Å². The summed E-state index contributed by atoms with van der Waals surface area (Å²) in [6.07, 6.45) is 7.16. The Kier molecular flexibility index (Phi) is 5.52. The lowest BCUT2D eigenvalue weighted by Gasteiger charge is -2.21. The van der Waals surface area contributed by atoms with Crippen molar-refractivity contribution in [2.75, 3.05) is 0 Å². The van der Waals surface area contributed by atoms with Crippen molar-refractivity contribution in [1.82, 2.24) is 4.72 Å². The van der Waals surface area contributed by atoms with Crippen LogP contribution in [-0.4, -0.2) is 19.4 Å². The molecule has 0 spiro atoms. The Labute approximate surface area is 131 Å². The summed E-state index contributed by atoms with van der Waals surface area (Å²) in [7, 11) is -3.72. The third-order valence-electron chi connectivity index (χ3n) is 4.11. The molecule has 0 amide bonds. The van der Waals surface area contributed by atoms with E-state index in [1.807, 2.05) is 0 Å². The second-order valence-corrected chi connectivity index (χ2v) is 7.58. The van der Waals surface area contributed by atoms with Crippen molar-refractivity contribution in [3.8, 4) is 0 Å². The zero-order chi connectivity index (χ0) is 16.2. The molecule has 0 saturated heterocycles. The topological polar surface area (TPSA) is 89.3 Å². The molecule has 0 aromatic heterocycles. The Balaban J connectivity index is 2.18. The number of rotatable bonds is 4. The molecule has 1 aliphatic carbocycles. The molecule has 0 heterocycles. The Morgan fingerprint density at radius 1 is 1.14 bits per heavy atom. The summed E-state index contributed by atoms with van der Waals surface area (Å²) in [6, 6.07) is 3.96. The molecule has 1 aliphatic rings. The third-order valence-corrected chi connectivity index (χ3v) is 5.63. The van der Waals surface area contributed by atoms with Crippen LogP contribution >= 0.6 is 0 Å². The molecule has 0 bridgehead atoms. The summed E-state index contributed by atoms with van der Waals surface area (Å²) in [5.41, 5.74) is 0.287. The standard InChI is InChI=1S/C15H22N2O4S/c1-12-9-10-14(11-15(12)17(18)19)22(20,21)16-13-7-5-3-2-4-6-8-13/h9-11,13,16H,2-8H2,1H3. The van der Waals surface area contributed by atoms with Gasteiger partial charge in [-0.15, -0.1) is 0 Å². The van der Waals surface area contributed by atoms with Crippen LogP contribution in [0, 0.1) is 17.0 Å². The van der Waals surface area contributed by atoms with E-state index >= 15 is 0 Å². The summed E-state index contributed by atoms with van der Waals surface area (Å²) in [6.45, 7) is 1.59. The van der Waals surface area contributed by atoms with Crippen LogP contribution in [-0.2, 0) is 10.0 Å². The highest BCUT2D eigenvalue weighted by Gasteiger charge is 2.23. The lowest BCUT2D eigenvalue weighted by Crippen LogP contribution is -2.35. The number of hydrogen-bond acceptors (Lipinski definition) is 4. The maximum absolute atomic E-state index is 12.5.